The van der Waals surface area contributed by atoms with Gasteiger partial charge in [0.25, 0.3) is 0 Å². The molecule has 0 aliphatic carbocycles. The van der Waals surface area contributed by atoms with E-state index >= 15 is 0 Å². The van der Waals surface area contributed by atoms with Crippen molar-refractivity contribution in [3.8, 4) is 11.5 Å². The molecule has 0 N–H and O–H groups in total. The first-order valence-corrected chi connectivity index (χ1v) is 11.1. The fourth-order valence-corrected chi connectivity index (χ4v) is 3.56. The molecule has 0 unspecified atom stereocenters. The number of benzene rings is 2. The Morgan fingerprint density at radius 1 is 1.00 bits per heavy atom. The normalized spacial score (nSPS) is 11.6. The van der Waals surface area contributed by atoms with Gasteiger partial charge in [-0.3, -0.25) is 0 Å². The van der Waals surface area contributed by atoms with Gasteiger partial charge in [0.2, 0.25) is 10.0 Å². The molecule has 30 heavy (non-hydrogen) atoms. The Balaban J connectivity index is 1.77. The van der Waals surface area contributed by atoms with Crippen LogP contribution in [0.5, 0.6) is 11.5 Å². The summed E-state index contributed by atoms with van der Waals surface area (Å²) in [7, 11) is -0.531. The zero-order valence-corrected chi connectivity index (χ0v) is 18.9. The number of hydrogen-bond acceptors (Lipinski definition) is 6. The lowest BCUT2D eigenvalue weighted by molar-refractivity contribution is -0.146. The number of esters is 1. The molecule has 0 fully saturated rings. The third kappa shape index (κ3) is 6.47. The maximum Gasteiger partial charge on any atom is 0.344 e. The Bertz CT molecular complexity index is 952. The lowest BCUT2D eigenvalue weighted by Crippen LogP contribution is -2.22. The van der Waals surface area contributed by atoms with Gasteiger partial charge in [0.05, 0.1) is 4.90 Å². The van der Waals surface area contributed by atoms with Crippen molar-refractivity contribution in [2.75, 3.05) is 33.9 Å². The van der Waals surface area contributed by atoms with Gasteiger partial charge in [-0.2, -0.15) is 0 Å². The fraction of sp³-hybridized carbons (Fsp3) is 0.409. The molecule has 2 aromatic carbocycles. The molecule has 0 saturated heterocycles. The monoisotopic (exact) mass is 435 g/mol. The van der Waals surface area contributed by atoms with Crippen LogP contribution in [0.15, 0.2) is 47.4 Å². The van der Waals surface area contributed by atoms with Crippen molar-refractivity contribution in [2.45, 2.75) is 31.6 Å². The van der Waals surface area contributed by atoms with Crippen molar-refractivity contribution in [3.63, 3.8) is 0 Å². The van der Waals surface area contributed by atoms with Crippen LogP contribution in [-0.4, -0.2) is 52.6 Å². The van der Waals surface area contributed by atoms with E-state index in [1.54, 1.807) is 12.1 Å². The van der Waals surface area contributed by atoms with E-state index in [1.807, 2.05) is 25.1 Å². The standard InChI is InChI=1S/C22H29NO6S/c1-16(2)20-11-6-17(3)14-21(20)29-15-22(24)28-13-12-27-18-7-9-19(10-8-18)30(25,26)23(4)5/h6-11,14,16H,12-13,15H2,1-5H3. The summed E-state index contributed by atoms with van der Waals surface area (Å²) in [6.07, 6.45) is 0. The minimum Gasteiger partial charge on any atom is -0.490 e. The zero-order chi connectivity index (χ0) is 22.3. The number of hydrogen-bond donors (Lipinski definition) is 0. The molecule has 0 heterocycles. The fourth-order valence-electron chi connectivity index (χ4n) is 2.66. The predicted octanol–water partition coefficient (Wildman–Crippen LogP) is 3.37. The van der Waals surface area contributed by atoms with Crippen molar-refractivity contribution in [1.29, 1.82) is 0 Å². The van der Waals surface area contributed by atoms with Gasteiger partial charge in [-0.25, -0.2) is 17.5 Å². The molecule has 2 rings (SSSR count). The molecule has 0 radical (unpaired) electrons. The molecule has 0 aromatic heterocycles. The van der Waals surface area contributed by atoms with Gasteiger partial charge < -0.3 is 14.2 Å². The van der Waals surface area contributed by atoms with E-state index in [2.05, 4.69) is 13.8 Å². The molecule has 0 bridgehead atoms. The van der Waals surface area contributed by atoms with Crippen molar-refractivity contribution >= 4 is 16.0 Å². The molecular weight excluding hydrogens is 406 g/mol. The summed E-state index contributed by atoms with van der Waals surface area (Å²) in [6.45, 7) is 6.12. The van der Waals surface area contributed by atoms with E-state index in [9.17, 15) is 13.2 Å². The van der Waals surface area contributed by atoms with Crippen LogP contribution in [-0.2, 0) is 19.6 Å². The Hall–Kier alpha value is -2.58. The van der Waals surface area contributed by atoms with Crippen LogP contribution in [0.25, 0.3) is 0 Å². The third-order valence-electron chi connectivity index (χ3n) is 4.35. The number of nitrogens with zero attached hydrogens (tertiary/aromatic N) is 1. The molecule has 0 atom stereocenters. The van der Waals surface area contributed by atoms with Gasteiger partial charge in [-0.15, -0.1) is 0 Å². The highest BCUT2D eigenvalue weighted by molar-refractivity contribution is 7.89. The second-order valence-corrected chi connectivity index (χ2v) is 9.46. The van der Waals surface area contributed by atoms with Crippen molar-refractivity contribution < 1.29 is 27.4 Å². The number of rotatable bonds is 10. The summed E-state index contributed by atoms with van der Waals surface area (Å²) in [4.78, 5) is 12.1. The summed E-state index contributed by atoms with van der Waals surface area (Å²) in [5, 5.41) is 0. The lowest BCUT2D eigenvalue weighted by Gasteiger charge is -2.14. The van der Waals surface area contributed by atoms with E-state index in [0.29, 0.717) is 11.5 Å². The van der Waals surface area contributed by atoms with Crippen LogP contribution in [0.3, 0.4) is 0 Å². The molecule has 0 amide bonds. The average molecular weight is 436 g/mol. The molecule has 0 spiro atoms. The predicted molar refractivity (Wildman–Crippen MR) is 115 cm³/mol. The molecule has 0 aliphatic heterocycles. The Morgan fingerprint density at radius 2 is 1.67 bits per heavy atom. The van der Waals surface area contributed by atoms with Crippen LogP contribution < -0.4 is 9.47 Å². The highest BCUT2D eigenvalue weighted by atomic mass is 32.2. The molecule has 0 saturated carbocycles. The van der Waals surface area contributed by atoms with Crippen LogP contribution in [0.1, 0.15) is 30.9 Å². The number of sulfonamides is 1. The van der Waals surface area contributed by atoms with Crippen LogP contribution in [0, 0.1) is 6.92 Å². The Labute approximate surface area is 178 Å². The molecule has 7 nitrogen and oxygen atoms in total. The number of carbonyl (C=O) groups excluding carboxylic acids is 1. The van der Waals surface area contributed by atoms with Crippen molar-refractivity contribution in [3.05, 3.63) is 53.6 Å². The largest absolute Gasteiger partial charge is 0.490 e. The van der Waals surface area contributed by atoms with Gasteiger partial charge in [-0.1, -0.05) is 26.0 Å². The second-order valence-electron chi connectivity index (χ2n) is 7.31. The first-order valence-electron chi connectivity index (χ1n) is 9.65. The van der Waals surface area contributed by atoms with E-state index in [1.165, 1.54) is 26.2 Å². The maximum atomic E-state index is 12.0. The van der Waals surface area contributed by atoms with Gasteiger partial charge in [0.1, 0.15) is 24.7 Å². The second kappa shape index (κ2) is 10.4. The van der Waals surface area contributed by atoms with Crippen molar-refractivity contribution in [1.82, 2.24) is 4.31 Å². The van der Waals surface area contributed by atoms with E-state index in [0.717, 1.165) is 15.4 Å². The van der Waals surface area contributed by atoms with Gasteiger partial charge in [-0.05, 0) is 54.3 Å². The topological polar surface area (TPSA) is 82.1 Å². The highest BCUT2D eigenvalue weighted by Crippen LogP contribution is 2.27. The maximum absolute atomic E-state index is 12.0. The van der Waals surface area contributed by atoms with E-state index < -0.39 is 16.0 Å². The van der Waals surface area contributed by atoms with Crippen LogP contribution in [0.4, 0.5) is 0 Å². The van der Waals surface area contributed by atoms with E-state index in [4.69, 9.17) is 14.2 Å². The summed E-state index contributed by atoms with van der Waals surface area (Å²) in [5.41, 5.74) is 2.09. The molecule has 2 aromatic rings. The summed E-state index contributed by atoms with van der Waals surface area (Å²) >= 11 is 0. The minimum atomic E-state index is -3.48. The molecule has 0 aliphatic rings. The summed E-state index contributed by atoms with van der Waals surface area (Å²) in [6, 6.07) is 12.0. The summed E-state index contributed by atoms with van der Waals surface area (Å²) < 4.78 is 41.5. The van der Waals surface area contributed by atoms with Gasteiger partial charge in [0.15, 0.2) is 6.61 Å². The Morgan fingerprint density at radius 3 is 2.27 bits per heavy atom. The average Bonchev–Trinajstić information content (AvgIpc) is 2.69. The van der Waals surface area contributed by atoms with Crippen LogP contribution >= 0.6 is 0 Å². The molecule has 164 valence electrons. The molecular formula is C22H29NO6S. The number of aryl methyl sites for hydroxylation is 1. The highest BCUT2D eigenvalue weighted by Gasteiger charge is 2.16. The van der Waals surface area contributed by atoms with Crippen molar-refractivity contribution in [2.24, 2.45) is 0 Å². The smallest absolute Gasteiger partial charge is 0.344 e. The first-order chi connectivity index (χ1) is 14.1. The summed E-state index contributed by atoms with van der Waals surface area (Å²) in [5.74, 6) is 0.971. The quantitative estimate of drug-likeness (QED) is 0.420. The minimum absolute atomic E-state index is 0.0603. The van der Waals surface area contributed by atoms with Gasteiger partial charge >= 0.3 is 5.97 Å². The zero-order valence-electron chi connectivity index (χ0n) is 18.0. The third-order valence-corrected chi connectivity index (χ3v) is 6.18. The number of carbonyl (C=O) groups is 1. The lowest BCUT2D eigenvalue weighted by atomic mass is 10.0. The Kier molecular flexibility index (Phi) is 8.25. The van der Waals surface area contributed by atoms with E-state index in [-0.39, 0.29) is 30.6 Å². The number of ether oxygens (including phenoxy) is 3. The van der Waals surface area contributed by atoms with Gasteiger partial charge in [0, 0.05) is 14.1 Å². The SMILES string of the molecule is Cc1ccc(C(C)C)c(OCC(=O)OCCOc2ccc(S(=O)(=O)N(C)C)cc2)c1. The molecule has 8 heteroatoms. The first kappa shape index (κ1) is 23.7. The van der Waals surface area contributed by atoms with Crippen LogP contribution in [0.2, 0.25) is 0 Å².